The first kappa shape index (κ1) is 6.85. The number of aryl methyl sites for hydroxylation is 2. The van der Waals surface area contributed by atoms with Crippen LogP contribution >= 0.6 is 0 Å². The summed E-state index contributed by atoms with van der Waals surface area (Å²) in [5, 5.41) is 8.73. The van der Waals surface area contributed by atoms with Crippen molar-refractivity contribution in [2.75, 3.05) is 0 Å². The maximum absolute atomic E-state index is 8.73. The molecule has 0 saturated heterocycles. The molecule has 0 fully saturated rings. The maximum atomic E-state index is 8.73. The van der Waals surface area contributed by atoms with Crippen LogP contribution in [0.5, 0.6) is 0 Å². The molecule has 2 rings (SSSR count). The average Bonchev–Trinajstić information content (AvgIpc) is 2.46. The van der Waals surface area contributed by atoms with Gasteiger partial charge in [0.15, 0.2) is 0 Å². The third-order valence-electron chi connectivity index (χ3n) is 2.03. The molecule has 0 spiro atoms. The number of nitrogens with zero attached hydrogens (tertiary/aromatic N) is 1. The van der Waals surface area contributed by atoms with Gasteiger partial charge in [0.25, 0.3) is 0 Å². The lowest BCUT2D eigenvalue weighted by molar-refractivity contribution is 0.236. The lowest BCUT2D eigenvalue weighted by Crippen LogP contribution is -1.99. The summed E-state index contributed by atoms with van der Waals surface area (Å²) in [7, 11) is 0. The normalized spacial score (nSPS) is 16.5. The molecular formula is C8H11NO2. The van der Waals surface area contributed by atoms with E-state index in [1.54, 1.807) is 0 Å². The van der Waals surface area contributed by atoms with Crippen molar-refractivity contribution in [3.63, 3.8) is 0 Å². The molecular weight excluding hydrogens is 142 g/mol. The Balaban J connectivity index is 2.32. The van der Waals surface area contributed by atoms with Crippen LogP contribution in [-0.2, 0) is 19.4 Å². The maximum Gasteiger partial charge on any atom is 0.220 e. The number of oxazole rings is 1. The van der Waals surface area contributed by atoms with Gasteiger partial charge in [-0.15, -0.1) is 0 Å². The minimum absolute atomic E-state index is 0.0764. The number of fused-ring (bicyclic) bond motifs is 1. The third-order valence-corrected chi connectivity index (χ3v) is 2.03. The molecule has 0 bridgehead atoms. The van der Waals surface area contributed by atoms with Gasteiger partial charge in [0, 0.05) is 6.42 Å². The fourth-order valence-electron chi connectivity index (χ4n) is 1.47. The molecule has 1 N–H and O–H groups in total. The molecule has 0 saturated carbocycles. The van der Waals surface area contributed by atoms with E-state index in [0.29, 0.717) is 5.89 Å². The SMILES string of the molecule is OCc1nc2c(o1)CCCC2. The molecule has 0 unspecified atom stereocenters. The Hall–Kier alpha value is -0.830. The van der Waals surface area contributed by atoms with E-state index in [9.17, 15) is 0 Å². The first-order chi connectivity index (χ1) is 5.40. The molecule has 11 heavy (non-hydrogen) atoms. The van der Waals surface area contributed by atoms with Crippen LogP contribution in [0.15, 0.2) is 4.42 Å². The lowest BCUT2D eigenvalue weighted by Gasteiger charge is -2.05. The van der Waals surface area contributed by atoms with Gasteiger partial charge in [-0.2, -0.15) is 0 Å². The molecule has 0 amide bonds. The number of hydrogen-bond donors (Lipinski definition) is 1. The molecule has 1 heterocycles. The highest BCUT2D eigenvalue weighted by molar-refractivity contribution is 5.12. The van der Waals surface area contributed by atoms with Gasteiger partial charge in [-0.25, -0.2) is 4.98 Å². The molecule has 60 valence electrons. The van der Waals surface area contributed by atoms with E-state index in [1.807, 2.05) is 0 Å². The van der Waals surface area contributed by atoms with Crippen LogP contribution in [0.4, 0.5) is 0 Å². The molecule has 1 aliphatic carbocycles. The second kappa shape index (κ2) is 2.66. The highest BCUT2D eigenvalue weighted by Crippen LogP contribution is 2.21. The fraction of sp³-hybridized carbons (Fsp3) is 0.625. The quantitative estimate of drug-likeness (QED) is 0.655. The smallest absolute Gasteiger partial charge is 0.220 e. The van der Waals surface area contributed by atoms with Gasteiger partial charge >= 0.3 is 0 Å². The van der Waals surface area contributed by atoms with Gasteiger partial charge in [-0.05, 0) is 19.3 Å². The average molecular weight is 153 g/mol. The van der Waals surface area contributed by atoms with Crippen molar-refractivity contribution < 1.29 is 9.52 Å². The Labute approximate surface area is 65.1 Å². The Morgan fingerprint density at radius 2 is 2.18 bits per heavy atom. The number of hydrogen-bond acceptors (Lipinski definition) is 3. The summed E-state index contributed by atoms with van der Waals surface area (Å²) in [6.45, 7) is -0.0764. The number of aliphatic hydroxyl groups is 1. The molecule has 1 aromatic rings. The summed E-state index contributed by atoms with van der Waals surface area (Å²) in [6.07, 6.45) is 4.39. The molecule has 0 aromatic carbocycles. The van der Waals surface area contributed by atoms with Gasteiger partial charge in [-0.3, -0.25) is 0 Å². The zero-order chi connectivity index (χ0) is 7.68. The third kappa shape index (κ3) is 1.16. The Morgan fingerprint density at radius 1 is 1.36 bits per heavy atom. The molecule has 0 atom stereocenters. The number of rotatable bonds is 1. The summed E-state index contributed by atoms with van der Waals surface area (Å²) in [4.78, 5) is 4.15. The molecule has 0 aliphatic heterocycles. The molecule has 3 nitrogen and oxygen atoms in total. The van der Waals surface area contributed by atoms with E-state index >= 15 is 0 Å². The number of aliphatic hydroxyl groups excluding tert-OH is 1. The predicted octanol–water partition coefficient (Wildman–Crippen LogP) is 1.05. The van der Waals surface area contributed by atoms with E-state index in [-0.39, 0.29) is 6.61 Å². The number of aromatic nitrogens is 1. The van der Waals surface area contributed by atoms with Crippen LogP contribution in [-0.4, -0.2) is 10.1 Å². The fourth-order valence-corrected chi connectivity index (χ4v) is 1.47. The van der Waals surface area contributed by atoms with Crippen LogP contribution in [0, 0.1) is 0 Å². The van der Waals surface area contributed by atoms with Crippen molar-refractivity contribution in [3.05, 3.63) is 17.3 Å². The summed E-state index contributed by atoms with van der Waals surface area (Å²) in [5.74, 6) is 1.46. The topological polar surface area (TPSA) is 46.3 Å². The van der Waals surface area contributed by atoms with Crippen molar-refractivity contribution >= 4 is 0 Å². The van der Waals surface area contributed by atoms with Gasteiger partial charge < -0.3 is 9.52 Å². The van der Waals surface area contributed by atoms with E-state index in [0.717, 1.165) is 24.3 Å². The van der Waals surface area contributed by atoms with Crippen LogP contribution in [0.1, 0.15) is 30.2 Å². The van der Waals surface area contributed by atoms with Crippen LogP contribution < -0.4 is 0 Å². The second-order valence-electron chi connectivity index (χ2n) is 2.84. The van der Waals surface area contributed by atoms with E-state index in [2.05, 4.69) is 4.98 Å². The summed E-state index contributed by atoms with van der Waals surface area (Å²) < 4.78 is 5.29. The minimum Gasteiger partial charge on any atom is -0.443 e. The second-order valence-corrected chi connectivity index (χ2v) is 2.84. The van der Waals surface area contributed by atoms with Gasteiger partial charge in [-0.1, -0.05) is 0 Å². The highest BCUT2D eigenvalue weighted by atomic mass is 16.4. The molecule has 3 heteroatoms. The van der Waals surface area contributed by atoms with Crippen molar-refractivity contribution in [1.82, 2.24) is 4.98 Å². The van der Waals surface area contributed by atoms with E-state index in [4.69, 9.17) is 9.52 Å². The first-order valence-electron chi connectivity index (χ1n) is 3.98. The van der Waals surface area contributed by atoms with Crippen LogP contribution in [0.25, 0.3) is 0 Å². The van der Waals surface area contributed by atoms with Crippen molar-refractivity contribution in [1.29, 1.82) is 0 Å². The highest BCUT2D eigenvalue weighted by Gasteiger charge is 2.15. The Kier molecular flexibility index (Phi) is 1.66. The Bertz CT molecular complexity index is 231. The largest absolute Gasteiger partial charge is 0.443 e. The van der Waals surface area contributed by atoms with Crippen LogP contribution in [0.3, 0.4) is 0 Å². The molecule has 1 aromatic heterocycles. The zero-order valence-electron chi connectivity index (χ0n) is 6.34. The molecule has 0 radical (unpaired) electrons. The molecule has 1 aliphatic rings. The lowest BCUT2D eigenvalue weighted by atomic mass is 10.0. The monoisotopic (exact) mass is 153 g/mol. The van der Waals surface area contributed by atoms with Gasteiger partial charge in [0.05, 0.1) is 5.69 Å². The summed E-state index contributed by atoms with van der Waals surface area (Å²) >= 11 is 0. The first-order valence-corrected chi connectivity index (χ1v) is 3.98. The van der Waals surface area contributed by atoms with E-state index < -0.39 is 0 Å². The van der Waals surface area contributed by atoms with E-state index in [1.165, 1.54) is 12.8 Å². The Morgan fingerprint density at radius 3 is 2.91 bits per heavy atom. The summed E-state index contributed by atoms with van der Waals surface area (Å²) in [6, 6.07) is 0. The van der Waals surface area contributed by atoms with Crippen molar-refractivity contribution in [2.45, 2.75) is 32.3 Å². The van der Waals surface area contributed by atoms with Crippen molar-refractivity contribution in [3.8, 4) is 0 Å². The standard InChI is InChI=1S/C8H11NO2/c10-5-8-9-6-3-1-2-4-7(6)11-8/h10H,1-5H2. The zero-order valence-corrected chi connectivity index (χ0v) is 6.34. The van der Waals surface area contributed by atoms with Crippen LogP contribution in [0.2, 0.25) is 0 Å². The predicted molar refractivity (Wildman–Crippen MR) is 39.1 cm³/mol. The minimum atomic E-state index is -0.0764. The van der Waals surface area contributed by atoms with Gasteiger partial charge in [0.1, 0.15) is 12.4 Å². The van der Waals surface area contributed by atoms with Crippen molar-refractivity contribution in [2.24, 2.45) is 0 Å². The summed E-state index contributed by atoms with van der Waals surface area (Å²) in [5.41, 5.74) is 1.06. The van der Waals surface area contributed by atoms with Gasteiger partial charge in [0.2, 0.25) is 5.89 Å².